The molecule has 0 aliphatic heterocycles. The van der Waals surface area contributed by atoms with Crippen LogP contribution in [0.4, 0.5) is 0 Å². The van der Waals surface area contributed by atoms with Crippen LogP contribution < -0.4 is 4.74 Å². The fraction of sp³-hybridized carbons (Fsp3) is 0.571. The van der Waals surface area contributed by atoms with E-state index in [4.69, 9.17) is 27.9 Å². The van der Waals surface area contributed by atoms with Crippen molar-refractivity contribution >= 4 is 23.2 Å². The lowest BCUT2D eigenvalue weighted by Crippen LogP contribution is -1.96. The van der Waals surface area contributed by atoms with Crippen LogP contribution in [0.15, 0.2) is 18.2 Å². The lowest BCUT2D eigenvalue weighted by atomic mass is 10.0. The van der Waals surface area contributed by atoms with Gasteiger partial charge in [0.05, 0.1) is 12.5 Å². The lowest BCUT2D eigenvalue weighted by Gasteiger charge is -2.14. The van der Waals surface area contributed by atoms with Crippen molar-refractivity contribution in [3.8, 4) is 5.75 Å². The van der Waals surface area contributed by atoms with Gasteiger partial charge in [-0.1, -0.05) is 44.2 Å². The van der Waals surface area contributed by atoms with Crippen molar-refractivity contribution in [2.24, 2.45) is 0 Å². The maximum absolute atomic E-state index is 6.40. The van der Waals surface area contributed by atoms with Gasteiger partial charge >= 0.3 is 0 Å². The summed E-state index contributed by atoms with van der Waals surface area (Å²) in [6.07, 6.45) is 5.88. The van der Waals surface area contributed by atoms with E-state index in [1.807, 2.05) is 18.2 Å². The highest BCUT2D eigenvalue weighted by molar-refractivity contribution is 6.30. The first-order valence-corrected chi connectivity index (χ1v) is 6.98. The van der Waals surface area contributed by atoms with Gasteiger partial charge in [-0.25, -0.2) is 0 Å². The first-order valence-electron chi connectivity index (χ1n) is 6.16. The van der Waals surface area contributed by atoms with Crippen LogP contribution >= 0.6 is 23.2 Å². The van der Waals surface area contributed by atoms with Crippen LogP contribution in [0, 0.1) is 0 Å². The summed E-state index contributed by atoms with van der Waals surface area (Å²) >= 11 is 12.4. The van der Waals surface area contributed by atoms with Crippen molar-refractivity contribution in [1.29, 1.82) is 0 Å². The highest BCUT2D eigenvalue weighted by Gasteiger charge is 2.13. The third-order valence-corrected chi connectivity index (χ3v) is 3.53. The molecule has 0 fully saturated rings. The second-order valence-electron chi connectivity index (χ2n) is 4.20. The minimum Gasteiger partial charge on any atom is -0.496 e. The van der Waals surface area contributed by atoms with Gasteiger partial charge in [-0.15, -0.1) is 11.6 Å². The Hall–Kier alpha value is -0.400. The zero-order valence-electron chi connectivity index (χ0n) is 10.5. The normalized spacial score (nSPS) is 12.5. The monoisotopic (exact) mass is 274 g/mol. The van der Waals surface area contributed by atoms with Crippen LogP contribution in [-0.4, -0.2) is 7.11 Å². The van der Waals surface area contributed by atoms with Crippen molar-refractivity contribution in [1.82, 2.24) is 0 Å². The van der Waals surface area contributed by atoms with Crippen LogP contribution in [0.3, 0.4) is 0 Å². The molecule has 0 spiro atoms. The second kappa shape index (κ2) is 7.84. The van der Waals surface area contributed by atoms with Crippen molar-refractivity contribution in [2.75, 3.05) is 7.11 Å². The molecule has 17 heavy (non-hydrogen) atoms. The van der Waals surface area contributed by atoms with Crippen molar-refractivity contribution in [3.05, 3.63) is 28.8 Å². The molecule has 0 radical (unpaired) electrons. The molecule has 1 unspecified atom stereocenters. The summed E-state index contributed by atoms with van der Waals surface area (Å²) in [6, 6.07) is 5.60. The molecule has 1 aromatic rings. The molecule has 1 aromatic carbocycles. The number of benzene rings is 1. The zero-order valence-corrected chi connectivity index (χ0v) is 12.0. The van der Waals surface area contributed by atoms with Gasteiger partial charge in [0.25, 0.3) is 0 Å². The topological polar surface area (TPSA) is 9.23 Å². The van der Waals surface area contributed by atoms with Crippen LogP contribution in [0.25, 0.3) is 0 Å². The number of alkyl halides is 1. The number of ether oxygens (including phenoxy) is 1. The number of hydrogen-bond donors (Lipinski definition) is 0. The van der Waals surface area contributed by atoms with Crippen LogP contribution in [0.5, 0.6) is 5.75 Å². The smallest absolute Gasteiger partial charge is 0.123 e. The molecule has 96 valence electrons. The summed E-state index contributed by atoms with van der Waals surface area (Å²) in [5, 5.41) is 0.695. The van der Waals surface area contributed by atoms with Gasteiger partial charge < -0.3 is 4.74 Å². The standard InChI is InChI=1S/C14H20Cl2O/c1-3-4-5-6-7-13(16)12-10-11(15)8-9-14(12)17-2/h8-10,13H,3-7H2,1-2H3. The zero-order chi connectivity index (χ0) is 12.7. The summed E-state index contributed by atoms with van der Waals surface area (Å²) in [4.78, 5) is 0. The predicted molar refractivity (Wildman–Crippen MR) is 75.4 cm³/mol. The SMILES string of the molecule is CCCCCCC(Cl)c1cc(Cl)ccc1OC. The van der Waals surface area contributed by atoms with E-state index in [1.165, 1.54) is 19.3 Å². The first-order chi connectivity index (χ1) is 8.19. The molecular formula is C14H20Cl2O. The highest BCUT2D eigenvalue weighted by atomic mass is 35.5. The van der Waals surface area contributed by atoms with Crippen LogP contribution in [0.1, 0.15) is 50.0 Å². The molecule has 0 saturated heterocycles. The lowest BCUT2D eigenvalue weighted by molar-refractivity contribution is 0.408. The van der Waals surface area contributed by atoms with E-state index in [1.54, 1.807) is 7.11 Å². The number of halogens is 2. The van der Waals surface area contributed by atoms with E-state index in [0.29, 0.717) is 5.02 Å². The summed E-state index contributed by atoms with van der Waals surface area (Å²) in [7, 11) is 1.66. The van der Waals surface area contributed by atoms with Gasteiger partial charge in [0.1, 0.15) is 5.75 Å². The Labute approximate surface area is 114 Å². The summed E-state index contributed by atoms with van der Waals surface area (Å²) in [5.74, 6) is 0.824. The number of methoxy groups -OCH3 is 1. The van der Waals surface area contributed by atoms with E-state index < -0.39 is 0 Å². The molecule has 1 rings (SSSR count). The van der Waals surface area contributed by atoms with Crippen LogP contribution in [0.2, 0.25) is 5.02 Å². The predicted octanol–water partition coefficient (Wildman–Crippen LogP) is 5.60. The minimum atomic E-state index is -0.0134. The molecule has 1 nitrogen and oxygen atoms in total. The number of unbranched alkanes of at least 4 members (excludes halogenated alkanes) is 3. The summed E-state index contributed by atoms with van der Waals surface area (Å²) in [5.41, 5.74) is 0.998. The molecule has 0 N–H and O–H groups in total. The third-order valence-electron chi connectivity index (χ3n) is 2.84. The van der Waals surface area contributed by atoms with E-state index in [2.05, 4.69) is 6.92 Å². The minimum absolute atomic E-state index is 0.0134. The molecule has 0 saturated carbocycles. The number of hydrogen-bond acceptors (Lipinski definition) is 1. The Morgan fingerprint density at radius 2 is 2.00 bits per heavy atom. The van der Waals surface area contributed by atoms with E-state index >= 15 is 0 Å². The first kappa shape index (κ1) is 14.7. The third kappa shape index (κ3) is 4.77. The maximum atomic E-state index is 6.40. The van der Waals surface area contributed by atoms with E-state index in [0.717, 1.165) is 24.2 Å². The average Bonchev–Trinajstić information content (AvgIpc) is 2.34. The second-order valence-corrected chi connectivity index (χ2v) is 5.17. The van der Waals surface area contributed by atoms with E-state index in [-0.39, 0.29) is 5.38 Å². The van der Waals surface area contributed by atoms with Gasteiger partial charge in [0.2, 0.25) is 0 Å². The Morgan fingerprint density at radius 1 is 1.24 bits per heavy atom. The van der Waals surface area contributed by atoms with Crippen molar-refractivity contribution in [3.63, 3.8) is 0 Å². The van der Waals surface area contributed by atoms with Gasteiger partial charge in [0, 0.05) is 10.6 Å². The van der Waals surface area contributed by atoms with Gasteiger partial charge in [-0.3, -0.25) is 0 Å². The molecule has 0 aromatic heterocycles. The fourth-order valence-electron chi connectivity index (χ4n) is 1.86. The fourth-order valence-corrected chi connectivity index (χ4v) is 2.36. The van der Waals surface area contributed by atoms with Crippen molar-refractivity contribution < 1.29 is 4.74 Å². The highest BCUT2D eigenvalue weighted by Crippen LogP contribution is 2.35. The van der Waals surface area contributed by atoms with Crippen LogP contribution in [-0.2, 0) is 0 Å². The van der Waals surface area contributed by atoms with E-state index in [9.17, 15) is 0 Å². The van der Waals surface area contributed by atoms with Gasteiger partial charge in [-0.2, -0.15) is 0 Å². The molecule has 0 heterocycles. The largest absolute Gasteiger partial charge is 0.496 e. The summed E-state index contributed by atoms with van der Waals surface area (Å²) in [6.45, 7) is 2.21. The molecule has 1 atom stereocenters. The Bertz CT molecular complexity index is 339. The van der Waals surface area contributed by atoms with Gasteiger partial charge in [0.15, 0.2) is 0 Å². The maximum Gasteiger partial charge on any atom is 0.123 e. The summed E-state index contributed by atoms with van der Waals surface area (Å²) < 4.78 is 5.31. The number of rotatable bonds is 7. The molecule has 0 aliphatic carbocycles. The Kier molecular flexibility index (Phi) is 6.76. The molecule has 3 heteroatoms. The van der Waals surface area contributed by atoms with Gasteiger partial charge in [-0.05, 0) is 24.6 Å². The molecule has 0 bridgehead atoms. The van der Waals surface area contributed by atoms with Crippen molar-refractivity contribution in [2.45, 2.75) is 44.4 Å². The molecule has 0 amide bonds. The molecular weight excluding hydrogens is 255 g/mol. The Morgan fingerprint density at radius 3 is 2.65 bits per heavy atom. The Balaban J connectivity index is 2.60. The molecule has 0 aliphatic rings. The quantitative estimate of drug-likeness (QED) is 0.465. The average molecular weight is 275 g/mol.